The molecule has 0 amide bonds. The highest BCUT2D eigenvalue weighted by Crippen LogP contribution is 2.11. The number of rotatable bonds is 5. The molecule has 1 unspecified atom stereocenters. The zero-order valence-corrected chi connectivity index (χ0v) is 10.5. The minimum Gasteiger partial charge on any atom is -0.331 e. The van der Waals surface area contributed by atoms with E-state index in [0.717, 1.165) is 18.8 Å². The summed E-state index contributed by atoms with van der Waals surface area (Å²) in [6.07, 6.45) is 1.94. The fourth-order valence-corrected chi connectivity index (χ4v) is 1.64. The van der Waals surface area contributed by atoms with Crippen molar-refractivity contribution < 1.29 is 0 Å². The minimum absolute atomic E-state index is 0.477. The van der Waals surface area contributed by atoms with Gasteiger partial charge in [0, 0.05) is 18.3 Å². The maximum absolute atomic E-state index is 4.32. The van der Waals surface area contributed by atoms with Gasteiger partial charge in [-0.1, -0.05) is 13.8 Å². The van der Waals surface area contributed by atoms with Crippen LogP contribution in [0.3, 0.4) is 0 Å². The topological polar surface area (TPSA) is 29.9 Å². The lowest BCUT2D eigenvalue weighted by molar-refractivity contribution is 0.458. The average Bonchev–Trinajstić information content (AvgIpc) is 2.47. The van der Waals surface area contributed by atoms with Crippen LogP contribution in [0.2, 0.25) is 0 Å². The van der Waals surface area contributed by atoms with E-state index >= 15 is 0 Å². The molecule has 0 fully saturated rings. The molecule has 1 atom stereocenters. The lowest BCUT2D eigenvalue weighted by Gasteiger charge is -2.17. The van der Waals surface area contributed by atoms with Crippen molar-refractivity contribution in [3.05, 3.63) is 17.7 Å². The van der Waals surface area contributed by atoms with Gasteiger partial charge in [-0.2, -0.15) is 0 Å². The lowest BCUT2D eigenvalue weighted by atomic mass is 10.2. The Morgan fingerprint density at radius 2 is 1.93 bits per heavy atom. The van der Waals surface area contributed by atoms with Gasteiger partial charge >= 0.3 is 0 Å². The third kappa shape index (κ3) is 3.34. The van der Waals surface area contributed by atoms with E-state index in [1.807, 2.05) is 6.33 Å². The average molecular weight is 209 g/mol. The third-order valence-corrected chi connectivity index (χ3v) is 2.75. The highest BCUT2D eigenvalue weighted by molar-refractivity contribution is 5.09. The van der Waals surface area contributed by atoms with Crippen LogP contribution in [0.5, 0.6) is 0 Å². The quantitative estimate of drug-likeness (QED) is 0.806. The highest BCUT2D eigenvalue weighted by Gasteiger charge is 2.08. The Hall–Kier alpha value is -0.830. The molecule has 1 aromatic rings. The van der Waals surface area contributed by atoms with Crippen LogP contribution < -0.4 is 5.32 Å². The Bertz CT molecular complexity index is 302. The zero-order valence-electron chi connectivity index (χ0n) is 10.5. The van der Waals surface area contributed by atoms with E-state index in [-0.39, 0.29) is 0 Å². The Labute approximate surface area is 92.9 Å². The van der Waals surface area contributed by atoms with Crippen molar-refractivity contribution in [3.8, 4) is 0 Å². The number of hydrogen-bond acceptors (Lipinski definition) is 2. The molecule has 1 N–H and O–H groups in total. The van der Waals surface area contributed by atoms with E-state index in [1.54, 1.807) is 0 Å². The van der Waals surface area contributed by atoms with Crippen molar-refractivity contribution in [2.24, 2.45) is 5.92 Å². The normalized spacial score (nSPS) is 13.5. The molecule has 0 spiro atoms. The Kier molecular flexibility index (Phi) is 4.33. The van der Waals surface area contributed by atoms with Crippen LogP contribution in [0.15, 0.2) is 6.33 Å². The first-order chi connectivity index (χ1) is 7.02. The number of nitrogens with zero attached hydrogens (tertiary/aromatic N) is 2. The molecular formula is C12H23N3. The van der Waals surface area contributed by atoms with Crippen molar-refractivity contribution in [1.29, 1.82) is 0 Å². The third-order valence-electron chi connectivity index (χ3n) is 2.75. The first-order valence-electron chi connectivity index (χ1n) is 5.73. The summed E-state index contributed by atoms with van der Waals surface area (Å²) in [5.74, 6) is 0.711. The molecule has 0 aliphatic rings. The second-order valence-electron chi connectivity index (χ2n) is 4.72. The molecule has 3 heteroatoms. The maximum Gasteiger partial charge on any atom is 0.0954 e. The van der Waals surface area contributed by atoms with E-state index in [0.29, 0.717) is 12.0 Å². The van der Waals surface area contributed by atoms with Gasteiger partial charge in [-0.3, -0.25) is 0 Å². The van der Waals surface area contributed by atoms with Gasteiger partial charge in [0.1, 0.15) is 0 Å². The molecule has 86 valence electrons. The van der Waals surface area contributed by atoms with Gasteiger partial charge in [-0.15, -0.1) is 0 Å². The van der Waals surface area contributed by atoms with Crippen molar-refractivity contribution in [2.45, 2.75) is 40.7 Å². The molecular weight excluding hydrogens is 186 g/mol. The van der Waals surface area contributed by atoms with Gasteiger partial charge in [0.15, 0.2) is 0 Å². The Morgan fingerprint density at radius 3 is 2.40 bits per heavy atom. The van der Waals surface area contributed by atoms with Gasteiger partial charge in [0.2, 0.25) is 0 Å². The van der Waals surface area contributed by atoms with Crippen LogP contribution in [0.25, 0.3) is 0 Å². The molecule has 0 aliphatic heterocycles. The van der Waals surface area contributed by atoms with Crippen LogP contribution in [0.4, 0.5) is 0 Å². The molecule has 1 aromatic heterocycles. The molecule has 3 nitrogen and oxygen atoms in total. The number of nitrogens with one attached hydrogen (secondary N) is 1. The zero-order chi connectivity index (χ0) is 11.4. The van der Waals surface area contributed by atoms with Crippen LogP contribution in [0, 0.1) is 19.8 Å². The number of hydrogen-bond donors (Lipinski definition) is 1. The number of imidazole rings is 1. The predicted molar refractivity (Wildman–Crippen MR) is 64.1 cm³/mol. The first kappa shape index (κ1) is 12.2. The molecule has 0 bridgehead atoms. The van der Waals surface area contributed by atoms with Crippen molar-refractivity contribution in [2.75, 3.05) is 13.1 Å². The predicted octanol–water partition coefficient (Wildman–Crippen LogP) is 2.31. The van der Waals surface area contributed by atoms with Crippen LogP contribution >= 0.6 is 0 Å². The van der Waals surface area contributed by atoms with Crippen molar-refractivity contribution in [1.82, 2.24) is 14.9 Å². The fourth-order valence-electron chi connectivity index (χ4n) is 1.64. The van der Waals surface area contributed by atoms with Gasteiger partial charge < -0.3 is 9.88 Å². The number of aryl methyl sites for hydroxylation is 1. The standard InChI is InChI=1S/C12H23N3/c1-9(2)6-13-7-10(3)15-8-14-11(4)12(15)5/h8-10,13H,6-7H2,1-5H3. The summed E-state index contributed by atoms with van der Waals surface area (Å²) in [5, 5.41) is 3.47. The Balaban J connectivity index is 2.47. The molecule has 0 aliphatic carbocycles. The summed E-state index contributed by atoms with van der Waals surface area (Å²) in [5.41, 5.74) is 2.40. The molecule has 15 heavy (non-hydrogen) atoms. The number of aromatic nitrogens is 2. The van der Waals surface area contributed by atoms with Crippen LogP contribution in [-0.4, -0.2) is 22.6 Å². The second kappa shape index (κ2) is 5.31. The smallest absolute Gasteiger partial charge is 0.0954 e. The summed E-state index contributed by atoms with van der Waals surface area (Å²) < 4.78 is 2.24. The van der Waals surface area contributed by atoms with E-state index in [4.69, 9.17) is 0 Å². The monoisotopic (exact) mass is 209 g/mol. The van der Waals surface area contributed by atoms with Crippen LogP contribution in [-0.2, 0) is 0 Å². The maximum atomic E-state index is 4.32. The van der Waals surface area contributed by atoms with E-state index < -0.39 is 0 Å². The van der Waals surface area contributed by atoms with E-state index in [2.05, 4.69) is 49.5 Å². The van der Waals surface area contributed by atoms with Crippen LogP contribution in [0.1, 0.15) is 38.2 Å². The largest absolute Gasteiger partial charge is 0.331 e. The van der Waals surface area contributed by atoms with Gasteiger partial charge in [-0.05, 0) is 33.2 Å². The fraction of sp³-hybridized carbons (Fsp3) is 0.750. The SMILES string of the molecule is Cc1ncn(C(C)CNCC(C)C)c1C. The van der Waals surface area contributed by atoms with E-state index in [9.17, 15) is 0 Å². The summed E-state index contributed by atoms with van der Waals surface area (Å²) >= 11 is 0. The summed E-state index contributed by atoms with van der Waals surface area (Å²) in [6.45, 7) is 12.9. The molecule has 0 radical (unpaired) electrons. The van der Waals surface area contributed by atoms with Gasteiger partial charge in [-0.25, -0.2) is 4.98 Å². The van der Waals surface area contributed by atoms with E-state index in [1.165, 1.54) is 5.69 Å². The lowest BCUT2D eigenvalue weighted by Crippen LogP contribution is -2.27. The summed E-state index contributed by atoms with van der Waals surface area (Å²) in [7, 11) is 0. The molecule has 0 saturated carbocycles. The summed E-state index contributed by atoms with van der Waals surface area (Å²) in [4.78, 5) is 4.32. The van der Waals surface area contributed by atoms with Gasteiger partial charge in [0.25, 0.3) is 0 Å². The molecule has 1 rings (SSSR count). The first-order valence-corrected chi connectivity index (χ1v) is 5.73. The minimum atomic E-state index is 0.477. The Morgan fingerprint density at radius 1 is 1.27 bits per heavy atom. The second-order valence-corrected chi connectivity index (χ2v) is 4.72. The molecule has 0 aromatic carbocycles. The molecule has 1 heterocycles. The highest BCUT2D eigenvalue weighted by atomic mass is 15.1. The van der Waals surface area contributed by atoms with Gasteiger partial charge in [0.05, 0.1) is 12.0 Å². The van der Waals surface area contributed by atoms with Crippen molar-refractivity contribution in [3.63, 3.8) is 0 Å². The molecule has 0 saturated heterocycles. The summed E-state index contributed by atoms with van der Waals surface area (Å²) in [6, 6.07) is 0.477. The van der Waals surface area contributed by atoms with Crippen molar-refractivity contribution >= 4 is 0 Å².